The van der Waals surface area contributed by atoms with Crippen molar-refractivity contribution in [3.63, 3.8) is 0 Å². The first-order chi connectivity index (χ1) is 10.8. The topological polar surface area (TPSA) is 75.2 Å². The summed E-state index contributed by atoms with van der Waals surface area (Å²) in [7, 11) is -3.27. The van der Waals surface area contributed by atoms with Gasteiger partial charge >= 0.3 is 0 Å². The molecule has 0 bridgehead atoms. The Morgan fingerprint density at radius 3 is 2.78 bits per heavy atom. The smallest absolute Gasteiger partial charge is 0.229 e. The number of hydrogen-bond acceptors (Lipinski definition) is 5. The second-order valence-electron chi connectivity index (χ2n) is 5.91. The average Bonchev–Trinajstić information content (AvgIpc) is 2.48. The fourth-order valence-corrected chi connectivity index (χ4v) is 3.50. The van der Waals surface area contributed by atoms with Crippen molar-refractivity contribution in [2.75, 3.05) is 22.4 Å². The van der Waals surface area contributed by atoms with E-state index in [4.69, 9.17) is 0 Å². The first-order valence-corrected chi connectivity index (χ1v) is 9.36. The van der Waals surface area contributed by atoms with Crippen molar-refractivity contribution < 1.29 is 8.42 Å². The minimum Gasteiger partial charge on any atom is -0.350 e. The molecule has 2 aromatic rings. The van der Waals surface area contributed by atoms with Gasteiger partial charge in [0.2, 0.25) is 10.0 Å². The van der Waals surface area contributed by atoms with Gasteiger partial charge in [-0.05, 0) is 37.5 Å². The van der Waals surface area contributed by atoms with Gasteiger partial charge in [0, 0.05) is 19.3 Å². The Morgan fingerprint density at radius 2 is 2.04 bits per heavy atom. The molecule has 0 saturated heterocycles. The van der Waals surface area contributed by atoms with Crippen molar-refractivity contribution in [1.29, 1.82) is 0 Å². The molecule has 3 rings (SSSR count). The zero-order valence-corrected chi connectivity index (χ0v) is 14.3. The predicted molar refractivity (Wildman–Crippen MR) is 91.2 cm³/mol. The van der Waals surface area contributed by atoms with Gasteiger partial charge in [-0.1, -0.05) is 12.1 Å². The third kappa shape index (κ3) is 3.44. The summed E-state index contributed by atoms with van der Waals surface area (Å²) in [5, 5.41) is 0. The summed E-state index contributed by atoms with van der Waals surface area (Å²) in [6.07, 6.45) is 3.71. The molecule has 0 unspecified atom stereocenters. The number of nitrogens with one attached hydrogen (secondary N) is 1. The van der Waals surface area contributed by atoms with Crippen LogP contribution in [-0.2, 0) is 23.0 Å². The standard InChI is InChI=1S/C16H20N4O2S/c1-11-9-17-12(2)16(18-11)20-8-7-14-13(10-20)5-4-6-15(14)19-23(3,21)22/h4-6,9,19H,7-8,10H2,1-3H3. The van der Waals surface area contributed by atoms with Crippen LogP contribution in [0, 0.1) is 13.8 Å². The minimum absolute atomic E-state index is 0.677. The maximum Gasteiger partial charge on any atom is 0.229 e. The normalized spacial score (nSPS) is 14.5. The second kappa shape index (κ2) is 5.81. The maximum atomic E-state index is 11.5. The molecule has 23 heavy (non-hydrogen) atoms. The molecule has 0 saturated carbocycles. The lowest BCUT2D eigenvalue weighted by molar-refractivity contribution is 0.606. The molecule has 1 aliphatic rings. The van der Waals surface area contributed by atoms with Gasteiger partial charge in [0.15, 0.2) is 5.82 Å². The molecular weight excluding hydrogens is 312 g/mol. The Morgan fingerprint density at radius 1 is 1.26 bits per heavy atom. The van der Waals surface area contributed by atoms with Gasteiger partial charge in [0.05, 0.1) is 23.3 Å². The van der Waals surface area contributed by atoms with Crippen molar-refractivity contribution in [1.82, 2.24) is 9.97 Å². The van der Waals surface area contributed by atoms with Crippen LogP contribution in [0.5, 0.6) is 0 Å². The number of fused-ring (bicyclic) bond motifs is 1. The number of hydrogen-bond donors (Lipinski definition) is 1. The molecule has 6 nitrogen and oxygen atoms in total. The van der Waals surface area contributed by atoms with Gasteiger partial charge in [0.1, 0.15) is 0 Å². The Kier molecular flexibility index (Phi) is 3.97. The monoisotopic (exact) mass is 332 g/mol. The van der Waals surface area contributed by atoms with Crippen molar-refractivity contribution in [3.05, 3.63) is 46.9 Å². The molecule has 0 spiro atoms. The summed E-state index contributed by atoms with van der Waals surface area (Å²) in [5.74, 6) is 0.900. The van der Waals surface area contributed by atoms with Crippen LogP contribution >= 0.6 is 0 Å². The van der Waals surface area contributed by atoms with Gasteiger partial charge in [-0.2, -0.15) is 0 Å². The highest BCUT2D eigenvalue weighted by Crippen LogP contribution is 2.29. The molecule has 2 heterocycles. The number of nitrogens with zero attached hydrogens (tertiary/aromatic N) is 3. The number of sulfonamides is 1. The molecule has 0 fully saturated rings. The van der Waals surface area contributed by atoms with Crippen LogP contribution in [0.15, 0.2) is 24.4 Å². The van der Waals surface area contributed by atoms with Gasteiger partial charge in [0.25, 0.3) is 0 Å². The fraction of sp³-hybridized carbons (Fsp3) is 0.375. The number of aromatic nitrogens is 2. The maximum absolute atomic E-state index is 11.5. The molecule has 1 aliphatic heterocycles. The summed E-state index contributed by atoms with van der Waals surface area (Å²) >= 11 is 0. The van der Waals surface area contributed by atoms with E-state index in [2.05, 4.69) is 19.6 Å². The van der Waals surface area contributed by atoms with E-state index in [1.807, 2.05) is 32.0 Å². The lowest BCUT2D eigenvalue weighted by Gasteiger charge is -2.31. The van der Waals surface area contributed by atoms with Gasteiger partial charge in [-0.3, -0.25) is 9.71 Å². The predicted octanol–water partition coefficient (Wildman–Crippen LogP) is 2.03. The van der Waals surface area contributed by atoms with Gasteiger partial charge < -0.3 is 4.90 Å². The molecule has 0 amide bonds. The van der Waals surface area contributed by atoms with Crippen molar-refractivity contribution in [2.24, 2.45) is 0 Å². The molecular formula is C16H20N4O2S. The van der Waals surface area contributed by atoms with Crippen LogP contribution in [0.4, 0.5) is 11.5 Å². The molecule has 0 radical (unpaired) electrons. The zero-order chi connectivity index (χ0) is 16.6. The van der Waals surface area contributed by atoms with Crippen LogP contribution < -0.4 is 9.62 Å². The molecule has 1 aromatic carbocycles. The summed E-state index contributed by atoms with van der Waals surface area (Å²) in [6.45, 7) is 5.38. The van der Waals surface area contributed by atoms with Crippen LogP contribution in [0.2, 0.25) is 0 Å². The van der Waals surface area contributed by atoms with Crippen LogP contribution in [0.25, 0.3) is 0 Å². The highest BCUT2D eigenvalue weighted by molar-refractivity contribution is 7.92. The third-order valence-corrected chi connectivity index (χ3v) is 4.50. The van der Waals surface area contributed by atoms with Crippen molar-refractivity contribution >= 4 is 21.5 Å². The highest BCUT2D eigenvalue weighted by Gasteiger charge is 2.22. The summed E-state index contributed by atoms with van der Waals surface area (Å²) in [5.41, 5.74) is 4.66. The van der Waals surface area contributed by atoms with E-state index in [0.29, 0.717) is 12.2 Å². The largest absolute Gasteiger partial charge is 0.350 e. The van der Waals surface area contributed by atoms with Crippen molar-refractivity contribution in [3.8, 4) is 0 Å². The van der Waals surface area contributed by atoms with Gasteiger partial charge in [-0.15, -0.1) is 0 Å². The second-order valence-corrected chi connectivity index (χ2v) is 7.66. The van der Waals surface area contributed by atoms with Crippen LogP contribution in [0.3, 0.4) is 0 Å². The Bertz CT molecular complexity index is 849. The SMILES string of the molecule is Cc1cnc(C)c(N2CCc3c(cccc3NS(C)(=O)=O)C2)n1. The Labute approximate surface area is 136 Å². The molecule has 1 N–H and O–H groups in total. The number of aryl methyl sites for hydroxylation is 2. The first-order valence-electron chi connectivity index (χ1n) is 7.47. The van der Waals surface area contributed by atoms with E-state index in [1.165, 1.54) is 6.26 Å². The molecule has 0 atom stereocenters. The molecule has 0 aliphatic carbocycles. The molecule has 122 valence electrons. The average molecular weight is 332 g/mol. The first kappa shape index (κ1) is 15.7. The van der Waals surface area contributed by atoms with E-state index in [9.17, 15) is 8.42 Å². The molecule has 1 aromatic heterocycles. The zero-order valence-electron chi connectivity index (χ0n) is 13.5. The summed E-state index contributed by atoms with van der Waals surface area (Å²) in [6, 6.07) is 5.73. The van der Waals surface area contributed by atoms with Crippen LogP contribution in [-0.4, -0.2) is 31.2 Å². The van der Waals surface area contributed by atoms with E-state index in [1.54, 1.807) is 6.20 Å². The Hall–Kier alpha value is -2.15. The minimum atomic E-state index is -3.27. The quantitative estimate of drug-likeness (QED) is 0.931. The summed E-state index contributed by atoms with van der Waals surface area (Å²) < 4.78 is 25.6. The number of rotatable bonds is 3. The number of benzene rings is 1. The van der Waals surface area contributed by atoms with Crippen LogP contribution in [0.1, 0.15) is 22.5 Å². The lowest BCUT2D eigenvalue weighted by atomic mass is 9.98. The van der Waals surface area contributed by atoms with Gasteiger partial charge in [-0.25, -0.2) is 13.4 Å². The van der Waals surface area contributed by atoms with E-state index >= 15 is 0 Å². The number of anilines is 2. The van der Waals surface area contributed by atoms with E-state index in [0.717, 1.165) is 41.3 Å². The van der Waals surface area contributed by atoms with Crippen molar-refractivity contribution in [2.45, 2.75) is 26.8 Å². The third-order valence-electron chi connectivity index (χ3n) is 3.91. The lowest BCUT2D eigenvalue weighted by Crippen LogP contribution is -2.32. The van der Waals surface area contributed by atoms with E-state index in [-0.39, 0.29) is 0 Å². The summed E-state index contributed by atoms with van der Waals surface area (Å²) in [4.78, 5) is 11.2. The van der Waals surface area contributed by atoms with E-state index < -0.39 is 10.0 Å². The Balaban J connectivity index is 1.93. The fourth-order valence-electron chi connectivity index (χ4n) is 2.91. The molecule has 7 heteroatoms. The highest BCUT2D eigenvalue weighted by atomic mass is 32.2.